The molecule has 4 N–H and O–H groups in total. The molecule has 290 valence electrons. The fourth-order valence-corrected chi connectivity index (χ4v) is 8.16. The fraction of sp³-hybridized carbons (Fsp3) is 0.788. The number of ketones is 1. The van der Waals surface area contributed by atoms with Gasteiger partial charge >= 0.3 is 12.2 Å². The Morgan fingerprint density at radius 2 is 1.57 bits per heavy atom. The summed E-state index contributed by atoms with van der Waals surface area (Å²) in [4.78, 5) is 68.4. The minimum absolute atomic E-state index is 0.00955. The molecule has 6 atom stereocenters. The first-order chi connectivity index (χ1) is 23.1. The van der Waals surface area contributed by atoms with Crippen LogP contribution in [0.4, 0.5) is 18.0 Å². The third-order valence-electron chi connectivity index (χ3n) is 10.3. The molecule has 1 aliphatic carbocycles. The summed E-state index contributed by atoms with van der Waals surface area (Å²) in [5, 5.41) is 10.2. The van der Waals surface area contributed by atoms with Crippen LogP contribution < -0.4 is 21.3 Å². The van der Waals surface area contributed by atoms with E-state index in [1.165, 1.54) is 26.6 Å². The lowest BCUT2D eigenvalue weighted by Crippen LogP contribution is -2.62. The van der Waals surface area contributed by atoms with Gasteiger partial charge in [-0.05, 0) is 34.5 Å². The first-order valence-corrected chi connectivity index (χ1v) is 18.4. The lowest BCUT2D eigenvalue weighted by molar-refractivity contribution is -0.148. The number of likely N-dealkylation sites (tertiary alicyclic amines) is 1. The van der Waals surface area contributed by atoms with E-state index in [-0.39, 0.29) is 32.1 Å². The number of fused-ring (bicyclic) bond motifs is 1. The standard InChI is InChI=1S/C33H54F3N7O7S/c1-11-14-37-27(46)24(44)20(12-13-33(34,35)36)38-26(45)23-22-19(32(22,8)9)17-43(23)28(47)25(31(5,6)7)40-29(48)39-21(30(2,3)4)18-42-16-15-41(10)51(42,49)50/h11,19-23,25H,1,12-18H2,2-10H3,(H,37,46)(H,38,45)(H2,39,40,48)/t19-,20?,21+,22-,23-,25+/m0/s1. The molecule has 0 aromatic carbocycles. The van der Waals surface area contributed by atoms with Crippen molar-refractivity contribution in [2.24, 2.45) is 28.1 Å². The number of hydrogen-bond donors (Lipinski definition) is 4. The molecule has 18 heteroatoms. The van der Waals surface area contributed by atoms with Crippen molar-refractivity contribution in [2.45, 2.75) is 98.6 Å². The summed E-state index contributed by atoms with van der Waals surface area (Å²) in [5.74, 6) is -4.46. The zero-order valence-electron chi connectivity index (χ0n) is 30.9. The second kappa shape index (κ2) is 15.0. The van der Waals surface area contributed by atoms with Crippen LogP contribution in [0.15, 0.2) is 12.7 Å². The number of nitrogens with one attached hydrogen (secondary N) is 4. The Morgan fingerprint density at radius 1 is 0.961 bits per heavy atom. The van der Waals surface area contributed by atoms with Crippen LogP contribution in [0.25, 0.3) is 0 Å². The van der Waals surface area contributed by atoms with E-state index in [9.17, 15) is 45.6 Å². The van der Waals surface area contributed by atoms with Crippen LogP contribution in [0.3, 0.4) is 0 Å². The van der Waals surface area contributed by atoms with E-state index < -0.39 is 105 Å². The number of carbonyl (C=O) groups is 5. The second-order valence-electron chi connectivity index (χ2n) is 16.5. The maximum absolute atomic E-state index is 14.3. The van der Waals surface area contributed by atoms with Crippen molar-refractivity contribution in [3.8, 4) is 0 Å². The fourth-order valence-electron chi connectivity index (χ4n) is 6.81. The highest BCUT2D eigenvalue weighted by atomic mass is 32.2. The molecular weight excluding hydrogens is 695 g/mol. The molecular formula is C33H54F3N7O7S. The van der Waals surface area contributed by atoms with Gasteiger partial charge in [-0.15, -0.1) is 6.58 Å². The molecule has 0 bridgehead atoms. The SMILES string of the molecule is C=CCNC(=O)C(=O)C(CCC(F)(F)F)NC(=O)[C@@H]1[C@@H]2[C@H](CN1C(=O)[C@@H](NC(=O)N[C@H](CN1CCN(C)S1(=O)=O)C(C)(C)C)C(C)(C)C)C2(C)C. The smallest absolute Gasteiger partial charge is 0.346 e. The van der Waals surface area contributed by atoms with Crippen molar-refractivity contribution in [1.82, 2.24) is 34.8 Å². The van der Waals surface area contributed by atoms with Crippen molar-refractivity contribution >= 4 is 39.7 Å². The minimum atomic E-state index is -4.67. The molecule has 5 amide bonds. The number of nitrogens with zero attached hydrogens (tertiary/aromatic N) is 3. The van der Waals surface area contributed by atoms with Gasteiger partial charge in [0.15, 0.2) is 0 Å². The second-order valence-corrected chi connectivity index (χ2v) is 18.5. The van der Waals surface area contributed by atoms with E-state index in [1.807, 2.05) is 34.6 Å². The molecule has 2 saturated heterocycles. The first kappa shape index (κ1) is 42.2. The number of rotatable bonds is 13. The molecule has 2 aliphatic heterocycles. The van der Waals surface area contributed by atoms with E-state index in [0.29, 0.717) is 6.54 Å². The first-order valence-electron chi connectivity index (χ1n) is 17.0. The molecule has 2 heterocycles. The van der Waals surface area contributed by atoms with E-state index >= 15 is 0 Å². The van der Waals surface area contributed by atoms with Crippen LogP contribution in [0.1, 0.15) is 68.2 Å². The van der Waals surface area contributed by atoms with Gasteiger partial charge in [0.05, 0.1) is 6.04 Å². The van der Waals surface area contributed by atoms with Gasteiger partial charge in [-0.2, -0.15) is 30.2 Å². The van der Waals surface area contributed by atoms with E-state index in [1.54, 1.807) is 20.8 Å². The van der Waals surface area contributed by atoms with Gasteiger partial charge in [0.25, 0.3) is 16.1 Å². The van der Waals surface area contributed by atoms with Gasteiger partial charge in [-0.25, -0.2) is 4.79 Å². The normalized spacial score (nSPS) is 24.9. The number of likely N-dealkylation sites (N-methyl/N-ethyl adjacent to an activating group) is 1. The van der Waals surface area contributed by atoms with Crippen molar-refractivity contribution in [3.63, 3.8) is 0 Å². The zero-order valence-corrected chi connectivity index (χ0v) is 31.8. The molecule has 0 aromatic heterocycles. The van der Waals surface area contributed by atoms with Gasteiger partial charge in [0.1, 0.15) is 12.1 Å². The highest BCUT2D eigenvalue weighted by Gasteiger charge is 2.70. The number of amides is 5. The molecule has 0 aromatic rings. The van der Waals surface area contributed by atoms with Crippen molar-refractivity contribution in [2.75, 3.05) is 39.8 Å². The largest absolute Gasteiger partial charge is 0.389 e. The zero-order chi connectivity index (χ0) is 39.1. The highest BCUT2D eigenvalue weighted by Crippen LogP contribution is 2.65. The Bertz CT molecular complexity index is 1490. The average Bonchev–Trinajstić information content (AvgIpc) is 3.25. The maximum Gasteiger partial charge on any atom is 0.389 e. The number of hydrogen-bond acceptors (Lipinski definition) is 7. The van der Waals surface area contributed by atoms with Crippen LogP contribution >= 0.6 is 0 Å². The number of carbonyl (C=O) groups excluding carboxylic acids is 5. The van der Waals surface area contributed by atoms with E-state index in [4.69, 9.17) is 0 Å². The molecule has 0 radical (unpaired) electrons. The molecule has 0 spiro atoms. The number of piperidine rings is 1. The number of alkyl halides is 3. The predicted octanol–water partition coefficient (Wildman–Crippen LogP) is 1.79. The van der Waals surface area contributed by atoms with Gasteiger partial charge < -0.3 is 26.2 Å². The Morgan fingerprint density at radius 3 is 2.06 bits per heavy atom. The van der Waals surface area contributed by atoms with Crippen molar-refractivity contribution < 1.29 is 45.6 Å². The summed E-state index contributed by atoms with van der Waals surface area (Å²) in [7, 11) is -2.22. The summed E-state index contributed by atoms with van der Waals surface area (Å²) in [6.45, 7) is 18.4. The molecule has 51 heavy (non-hydrogen) atoms. The van der Waals surface area contributed by atoms with Crippen LogP contribution in [-0.4, -0.2) is 122 Å². The monoisotopic (exact) mass is 749 g/mol. The van der Waals surface area contributed by atoms with Gasteiger partial charge in [0.2, 0.25) is 17.6 Å². The lowest BCUT2D eigenvalue weighted by atomic mass is 9.85. The Kier molecular flexibility index (Phi) is 12.4. The third-order valence-corrected chi connectivity index (χ3v) is 12.2. The minimum Gasteiger partial charge on any atom is -0.346 e. The summed E-state index contributed by atoms with van der Waals surface area (Å²) >= 11 is 0. The van der Waals surface area contributed by atoms with Gasteiger partial charge in [0, 0.05) is 52.2 Å². The van der Waals surface area contributed by atoms with Crippen molar-refractivity contribution in [1.29, 1.82) is 0 Å². The predicted molar refractivity (Wildman–Crippen MR) is 183 cm³/mol. The van der Waals surface area contributed by atoms with Crippen LogP contribution in [0.2, 0.25) is 0 Å². The topological polar surface area (TPSA) is 177 Å². The van der Waals surface area contributed by atoms with Gasteiger partial charge in [-0.3, -0.25) is 19.2 Å². The molecule has 3 fully saturated rings. The lowest BCUT2D eigenvalue weighted by Gasteiger charge is -2.39. The quantitative estimate of drug-likeness (QED) is 0.164. The number of halogens is 3. The average molecular weight is 750 g/mol. The van der Waals surface area contributed by atoms with Crippen LogP contribution in [0.5, 0.6) is 0 Å². The van der Waals surface area contributed by atoms with Crippen molar-refractivity contribution in [3.05, 3.63) is 12.7 Å². The molecule has 3 aliphatic rings. The van der Waals surface area contributed by atoms with E-state index in [2.05, 4.69) is 27.8 Å². The highest BCUT2D eigenvalue weighted by molar-refractivity contribution is 7.87. The molecule has 1 unspecified atom stereocenters. The van der Waals surface area contributed by atoms with Gasteiger partial charge in [-0.1, -0.05) is 61.5 Å². The van der Waals surface area contributed by atoms with Crippen LogP contribution in [-0.2, 0) is 29.4 Å². The summed E-state index contributed by atoms with van der Waals surface area (Å²) in [6, 6.07) is -5.59. The van der Waals surface area contributed by atoms with Crippen LogP contribution in [0, 0.1) is 28.1 Å². The Labute approximate surface area is 298 Å². The maximum atomic E-state index is 14.3. The summed E-state index contributed by atoms with van der Waals surface area (Å²) < 4.78 is 67.6. The molecule has 1 saturated carbocycles. The summed E-state index contributed by atoms with van der Waals surface area (Å²) in [6.07, 6.45) is -5.71. The number of Topliss-reactive ketones (excluding diaryl/α,β-unsaturated/α-hetero) is 1. The van der Waals surface area contributed by atoms with E-state index in [0.717, 1.165) is 0 Å². The molecule has 3 rings (SSSR count). The summed E-state index contributed by atoms with van der Waals surface area (Å²) in [5.41, 5.74) is -1.90. The molecule has 14 nitrogen and oxygen atoms in total. The number of urea groups is 1. The third kappa shape index (κ3) is 9.80. The Hall–Kier alpha value is -3.25. The Balaban J connectivity index is 1.85.